The Morgan fingerprint density at radius 1 is 1.19 bits per heavy atom. The minimum absolute atomic E-state index is 0.104. The molecule has 0 aliphatic carbocycles. The number of hydrogen-bond donors (Lipinski definition) is 1. The van der Waals surface area contributed by atoms with Gasteiger partial charge in [-0.1, -0.05) is 12.1 Å². The van der Waals surface area contributed by atoms with Gasteiger partial charge in [-0.15, -0.1) is 11.3 Å². The maximum Gasteiger partial charge on any atom is 0.251 e. The molecule has 4 nitrogen and oxygen atoms in total. The van der Waals surface area contributed by atoms with Crippen LogP contribution in [0.15, 0.2) is 48.5 Å². The second-order valence-electron chi connectivity index (χ2n) is 4.47. The van der Waals surface area contributed by atoms with Crippen LogP contribution in [0.1, 0.15) is 15.4 Å². The van der Waals surface area contributed by atoms with Crippen LogP contribution in [0.25, 0.3) is 10.2 Å². The number of hydrogen-bond acceptors (Lipinski definition) is 4. The van der Waals surface area contributed by atoms with Crippen LogP contribution in [0, 0.1) is 0 Å². The number of aromatic nitrogens is 1. The summed E-state index contributed by atoms with van der Waals surface area (Å²) in [5, 5.41) is 3.52. The third-order valence-electron chi connectivity index (χ3n) is 3.04. The molecule has 0 unspecified atom stereocenters. The first-order valence-electron chi connectivity index (χ1n) is 6.55. The summed E-state index contributed by atoms with van der Waals surface area (Å²) < 4.78 is 6.86. The number of rotatable bonds is 4. The lowest BCUT2D eigenvalue weighted by atomic mass is 10.2. The van der Waals surface area contributed by atoms with E-state index in [4.69, 9.17) is 4.74 Å². The van der Waals surface area contributed by atoms with Gasteiger partial charge in [0.25, 0.3) is 5.91 Å². The number of carbonyl (C=O) groups excluding carboxylic acids is 1. The summed E-state index contributed by atoms with van der Waals surface area (Å²) >= 11 is 1.63. The number of para-hydroxylation sites is 1. The van der Waals surface area contributed by atoms with E-state index in [0.29, 0.717) is 12.2 Å². The van der Waals surface area contributed by atoms with Crippen LogP contribution in [0.5, 0.6) is 5.75 Å². The Labute approximate surface area is 126 Å². The van der Waals surface area contributed by atoms with Crippen LogP contribution < -0.4 is 10.1 Å². The van der Waals surface area contributed by atoms with Crippen LogP contribution in [0.3, 0.4) is 0 Å². The van der Waals surface area contributed by atoms with Gasteiger partial charge in [-0.2, -0.15) is 0 Å². The van der Waals surface area contributed by atoms with Crippen molar-refractivity contribution in [2.75, 3.05) is 7.05 Å². The number of thiazole rings is 1. The molecule has 106 valence electrons. The highest BCUT2D eigenvalue weighted by Crippen LogP contribution is 2.23. The van der Waals surface area contributed by atoms with Crippen molar-refractivity contribution in [1.29, 1.82) is 0 Å². The van der Waals surface area contributed by atoms with E-state index in [1.165, 1.54) is 0 Å². The predicted molar refractivity (Wildman–Crippen MR) is 83.8 cm³/mol. The average molecular weight is 298 g/mol. The maximum atomic E-state index is 11.4. The highest BCUT2D eigenvalue weighted by Gasteiger charge is 2.05. The number of ether oxygens (including phenoxy) is 1. The van der Waals surface area contributed by atoms with E-state index in [2.05, 4.69) is 16.4 Å². The second-order valence-corrected chi connectivity index (χ2v) is 5.58. The fraction of sp³-hybridized carbons (Fsp3) is 0.125. The molecule has 0 aliphatic heterocycles. The molecule has 0 radical (unpaired) electrons. The van der Waals surface area contributed by atoms with Crippen molar-refractivity contribution in [2.45, 2.75) is 6.61 Å². The van der Waals surface area contributed by atoms with Crippen molar-refractivity contribution in [3.8, 4) is 5.75 Å². The SMILES string of the molecule is CNC(=O)c1ccc(OCc2nc3ccccc3s2)cc1. The van der Waals surface area contributed by atoms with Gasteiger partial charge < -0.3 is 10.1 Å². The molecule has 5 heteroatoms. The van der Waals surface area contributed by atoms with Crippen LogP contribution in [0.4, 0.5) is 0 Å². The maximum absolute atomic E-state index is 11.4. The second kappa shape index (κ2) is 5.93. The topological polar surface area (TPSA) is 51.2 Å². The summed E-state index contributed by atoms with van der Waals surface area (Å²) in [5.74, 6) is 0.620. The van der Waals surface area contributed by atoms with Crippen LogP contribution in [0.2, 0.25) is 0 Å². The Balaban J connectivity index is 1.68. The van der Waals surface area contributed by atoms with E-state index in [1.807, 2.05) is 18.2 Å². The minimum atomic E-state index is -0.104. The van der Waals surface area contributed by atoms with Gasteiger partial charge in [0.1, 0.15) is 17.4 Å². The number of nitrogens with one attached hydrogen (secondary N) is 1. The summed E-state index contributed by atoms with van der Waals surface area (Å²) in [7, 11) is 1.61. The van der Waals surface area contributed by atoms with Crippen molar-refractivity contribution in [3.63, 3.8) is 0 Å². The molecule has 3 rings (SSSR count). The zero-order chi connectivity index (χ0) is 14.7. The predicted octanol–water partition coefficient (Wildman–Crippen LogP) is 3.23. The Morgan fingerprint density at radius 2 is 1.95 bits per heavy atom. The lowest BCUT2D eigenvalue weighted by molar-refractivity contribution is 0.0963. The lowest BCUT2D eigenvalue weighted by Crippen LogP contribution is -2.17. The van der Waals surface area contributed by atoms with Crippen molar-refractivity contribution >= 4 is 27.5 Å². The third kappa shape index (κ3) is 3.03. The molecule has 1 N–H and O–H groups in total. The molecule has 0 atom stereocenters. The van der Waals surface area contributed by atoms with Crippen molar-refractivity contribution in [1.82, 2.24) is 10.3 Å². The largest absolute Gasteiger partial charge is 0.486 e. The quantitative estimate of drug-likeness (QED) is 0.804. The molecule has 1 heterocycles. The number of benzene rings is 2. The van der Waals surface area contributed by atoms with Crippen molar-refractivity contribution in [3.05, 3.63) is 59.1 Å². The Hall–Kier alpha value is -2.40. The molecule has 0 saturated heterocycles. The zero-order valence-electron chi connectivity index (χ0n) is 11.5. The number of carbonyl (C=O) groups is 1. The number of nitrogens with zero attached hydrogens (tertiary/aromatic N) is 1. The molecule has 3 aromatic rings. The summed E-state index contributed by atoms with van der Waals surface area (Å²) in [5.41, 5.74) is 1.61. The fourth-order valence-electron chi connectivity index (χ4n) is 1.97. The van der Waals surface area contributed by atoms with E-state index >= 15 is 0 Å². The molecule has 2 aromatic carbocycles. The monoisotopic (exact) mass is 298 g/mol. The Bertz CT molecular complexity index is 732. The van der Waals surface area contributed by atoms with Crippen LogP contribution >= 0.6 is 11.3 Å². The highest BCUT2D eigenvalue weighted by atomic mass is 32.1. The van der Waals surface area contributed by atoms with Crippen LogP contribution in [-0.2, 0) is 6.61 Å². The molecule has 0 aliphatic rings. The van der Waals surface area contributed by atoms with Crippen LogP contribution in [-0.4, -0.2) is 17.9 Å². The summed E-state index contributed by atoms with van der Waals surface area (Å²) in [4.78, 5) is 16.0. The van der Waals surface area contributed by atoms with Gasteiger partial charge in [-0.25, -0.2) is 4.98 Å². The van der Waals surface area contributed by atoms with E-state index < -0.39 is 0 Å². The molecule has 21 heavy (non-hydrogen) atoms. The first-order chi connectivity index (χ1) is 10.3. The minimum Gasteiger partial charge on any atom is -0.486 e. The molecule has 0 saturated carbocycles. The smallest absolute Gasteiger partial charge is 0.251 e. The Kier molecular flexibility index (Phi) is 3.83. The average Bonchev–Trinajstić information content (AvgIpc) is 2.95. The zero-order valence-corrected chi connectivity index (χ0v) is 12.3. The van der Waals surface area contributed by atoms with E-state index in [0.717, 1.165) is 21.0 Å². The fourth-order valence-corrected chi connectivity index (χ4v) is 2.85. The summed E-state index contributed by atoms with van der Waals surface area (Å²) in [6, 6.07) is 15.1. The van der Waals surface area contributed by atoms with Gasteiger partial charge >= 0.3 is 0 Å². The third-order valence-corrected chi connectivity index (χ3v) is 4.05. The molecule has 0 spiro atoms. The highest BCUT2D eigenvalue weighted by molar-refractivity contribution is 7.18. The van der Waals surface area contributed by atoms with Gasteiger partial charge in [0.05, 0.1) is 10.2 Å². The molecule has 0 bridgehead atoms. The van der Waals surface area contributed by atoms with E-state index in [9.17, 15) is 4.79 Å². The lowest BCUT2D eigenvalue weighted by Gasteiger charge is -2.05. The first kappa shape index (κ1) is 13.6. The van der Waals surface area contributed by atoms with E-state index in [-0.39, 0.29) is 5.91 Å². The number of fused-ring (bicyclic) bond motifs is 1. The summed E-state index contributed by atoms with van der Waals surface area (Å²) in [6.45, 7) is 0.429. The van der Waals surface area contributed by atoms with Crippen molar-refractivity contribution < 1.29 is 9.53 Å². The molecule has 0 fully saturated rings. The van der Waals surface area contributed by atoms with Gasteiger partial charge in [-0.05, 0) is 36.4 Å². The molecular weight excluding hydrogens is 284 g/mol. The number of amides is 1. The molecule has 1 aromatic heterocycles. The summed E-state index contributed by atoms with van der Waals surface area (Å²) in [6.07, 6.45) is 0. The first-order valence-corrected chi connectivity index (χ1v) is 7.37. The van der Waals surface area contributed by atoms with Gasteiger partial charge in [0, 0.05) is 12.6 Å². The van der Waals surface area contributed by atoms with E-state index in [1.54, 1.807) is 42.6 Å². The van der Waals surface area contributed by atoms with Gasteiger partial charge in [0.15, 0.2) is 0 Å². The molecular formula is C16H14N2O2S. The normalized spacial score (nSPS) is 10.5. The van der Waals surface area contributed by atoms with Gasteiger partial charge in [-0.3, -0.25) is 4.79 Å². The standard InChI is InChI=1S/C16H14N2O2S/c1-17-16(19)11-6-8-12(9-7-11)20-10-15-18-13-4-2-3-5-14(13)21-15/h2-9H,10H2,1H3,(H,17,19). The van der Waals surface area contributed by atoms with Crippen molar-refractivity contribution in [2.24, 2.45) is 0 Å². The Morgan fingerprint density at radius 3 is 2.67 bits per heavy atom. The molecule has 1 amide bonds. The van der Waals surface area contributed by atoms with Gasteiger partial charge in [0.2, 0.25) is 0 Å².